The zero-order chi connectivity index (χ0) is 27.1. The molecule has 0 heterocycles. The second kappa shape index (κ2) is 13.6. The van der Waals surface area contributed by atoms with Crippen LogP contribution < -0.4 is 0 Å². The molecule has 3 aliphatic carbocycles. The van der Waals surface area contributed by atoms with Gasteiger partial charge in [0.05, 0.1) is 11.8 Å². The van der Waals surface area contributed by atoms with Crippen molar-refractivity contribution in [1.82, 2.24) is 0 Å². The number of carbonyl (C=O) groups excluding carboxylic acids is 2. The van der Waals surface area contributed by atoms with Crippen LogP contribution >= 0.6 is 0 Å². The zero-order valence-electron chi connectivity index (χ0n) is 23.9. The van der Waals surface area contributed by atoms with Crippen LogP contribution in [-0.4, -0.2) is 18.0 Å². The van der Waals surface area contributed by atoms with Gasteiger partial charge >= 0.3 is 11.9 Å². The third-order valence-corrected chi connectivity index (χ3v) is 9.34. The highest BCUT2D eigenvalue weighted by Crippen LogP contribution is 2.39. The average molecular weight is 521 g/mol. The summed E-state index contributed by atoms with van der Waals surface area (Å²) in [6, 6.07) is 9.84. The smallest absolute Gasteiger partial charge is 0.309 e. The summed E-state index contributed by atoms with van der Waals surface area (Å²) in [6.07, 6.45) is 14.7. The predicted molar refractivity (Wildman–Crippen MR) is 152 cm³/mol. The SMILES string of the molecule is CC(C)C1CCC(C(=O)O[C@H](C2=CCCC=C2)[C@H](OC(=O)C2CCC(C(C)C)CC2)c2ccccc2)CC1. The van der Waals surface area contributed by atoms with Gasteiger partial charge in [-0.1, -0.05) is 76.3 Å². The Hall–Kier alpha value is -2.36. The molecule has 0 amide bonds. The summed E-state index contributed by atoms with van der Waals surface area (Å²) in [5.41, 5.74) is 1.81. The maximum atomic E-state index is 13.5. The van der Waals surface area contributed by atoms with E-state index in [9.17, 15) is 9.59 Å². The van der Waals surface area contributed by atoms with E-state index in [1.54, 1.807) is 0 Å². The number of hydrogen-bond donors (Lipinski definition) is 0. The van der Waals surface area contributed by atoms with E-state index < -0.39 is 12.2 Å². The number of carbonyl (C=O) groups is 2. The molecule has 208 valence electrons. The van der Waals surface area contributed by atoms with Crippen LogP contribution in [0.4, 0.5) is 0 Å². The molecule has 0 spiro atoms. The molecule has 2 saturated carbocycles. The quantitative estimate of drug-likeness (QED) is 0.307. The second-order valence-electron chi connectivity index (χ2n) is 12.5. The Labute approximate surface area is 230 Å². The molecular formula is C34H48O4. The Bertz CT molecular complexity index is 959. The van der Waals surface area contributed by atoms with E-state index in [0.29, 0.717) is 23.7 Å². The van der Waals surface area contributed by atoms with E-state index in [4.69, 9.17) is 9.47 Å². The Morgan fingerprint density at radius 3 is 1.63 bits per heavy atom. The molecule has 1 aromatic carbocycles. The lowest BCUT2D eigenvalue weighted by Gasteiger charge is -2.34. The monoisotopic (exact) mass is 520 g/mol. The van der Waals surface area contributed by atoms with E-state index in [2.05, 4.69) is 45.9 Å². The van der Waals surface area contributed by atoms with Crippen LogP contribution in [0.3, 0.4) is 0 Å². The highest BCUT2D eigenvalue weighted by molar-refractivity contribution is 5.74. The van der Waals surface area contributed by atoms with E-state index in [1.165, 1.54) is 0 Å². The predicted octanol–water partition coefficient (Wildman–Crippen LogP) is 8.38. The third-order valence-electron chi connectivity index (χ3n) is 9.34. The molecule has 4 heteroatoms. The summed E-state index contributed by atoms with van der Waals surface area (Å²) in [6.45, 7) is 9.09. The summed E-state index contributed by atoms with van der Waals surface area (Å²) in [4.78, 5) is 27.1. The first-order valence-corrected chi connectivity index (χ1v) is 15.2. The van der Waals surface area contributed by atoms with Crippen LogP contribution in [0.5, 0.6) is 0 Å². The molecule has 0 N–H and O–H groups in total. The van der Waals surface area contributed by atoms with Crippen LogP contribution in [-0.2, 0) is 19.1 Å². The fourth-order valence-corrected chi connectivity index (χ4v) is 6.58. The van der Waals surface area contributed by atoms with Gasteiger partial charge in [0.25, 0.3) is 0 Å². The van der Waals surface area contributed by atoms with E-state index in [0.717, 1.165) is 75.3 Å². The summed E-state index contributed by atoms with van der Waals surface area (Å²) in [7, 11) is 0. The van der Waals surface area contributed by atoms with Crippen molar-refractivity contribution in [1.29, 1.82) is 0 Å². The minimum absolute atomic E-state index is 0.0842. The lowest BCUT2D eigenvalue weighted by atomic mass is 9.77. The van der Waals surface area contributed by atoms with Crippen molar-refractivity contribution in [3.05, 3.63) is 59.7 Å². The average Bonchev–Trinajstić information content (AvgIpc) is 2.95. The third kappa shape index (κ3) is 7.39. The molecule has 2 atom stereocenters. The van der Waals surface area contributed by atoms with Gasteiger partial charge in [-0.15, -0.1) is 0 Å². The van der Waals surface area contributed by atoms with E-state index in [-0.39, 0.29) is 23.8 Å². The van der Waals surface area contributed by atoms with Gasteiger partial charge in [0.2, 0.25) is 0 Å². The second-order valence-corrected chi connectivity index (χ2v) is 12.5. The van der Waals surface area contributed by atoms with E-state index >= 15 is 0 Å². The van der Waals surface area contributed by atoms with Crippen molar-refractivity contribution in [2.75, 3.05) is 0 Å². The molecule has 0 radical (unpaired) electrons. The zero-order valence-corrected chi connectivity index (χ0v) is 23.9. The summed E-state index contributed by atoms with van der Waals surface area (Å²) in [5, 5.41) is 0. The van der Waals surface area contributed by atoms with Crippen LogP contribution in [0.15, 0.2) is 54.1 Å². The molecule has 0 unspecified atom stereocenters. The van der Waals surface area contributed by atoms with Gasteiger partial charge < -0.3 is 9.47 Å². The van der Waals surface area contributed by atoms with E-state index in [1.807, 2.05) is 30.3 Å². The van der Waals surface area contributed by atoms with Gasteiger partial charge in [-0.25, -0.2) is 0 Å². The molecule has 0 aliphatic heterocycles. The minimum Gasteiger partial charge on any atom is -0.453 e. The maximum absolute atomic E-state index is 13.5. The molecule has 0 saturated heterocycles. The van der Waals surface area contributed by atoms with Gasteiger partial charge in [0, 0.05) is 0 Å². The van der Waals surface area contributed by atoms with Crippen LogP contribution in [0.2, 0.25) is 0 Å². The summed E-state index contributed by atoms with van der Waals surface area (Å²) < 4.78 is 12.7. The Balaban J connectivity index is 1.53. The fraction of sp³-hybridized carbons (Fsp3) is 0.647. The Kier molecular flexibility index (Phi) is 10.3. The number of benzene rings is 1. The summed E-state index contributed by atoms with van der Waals surface area (Å²) in [5.74, 6) is 2.19. The first-order valence-electron chi connectivity index (χ1n) is 15.2. The molecule has 1 aromatic rings. The van der Waals surface area contributed by atoms with Gasteiger partial charge in [0.1, 0.15) is 0 Å². The Morgan fingerprint density at radius 1 is 0.684 bits per heavy atom. The van der Waals surface area contributed by atoms with Crippen LogP contribution in [0.1, 0.15) is 104 Å². The number of hydrogen-bond acceptors (Lipinski definition) is 4. The first-order chi connectivity index (χ1) is 18.3. The number of ether oxygens (including phenoxy) is 2. The van der Waals surface area contributed by atoms with Crippen molar-refractivity contribution < 1.29 is 19.1 Å². The van der Waals surface area contributed by atoms with Gasteiger partial charge in [0.15, 0.2) is 12.2 Å². The molecule has 4 rings (SSSR count). The van der Waals surface area contributed by atoms with Crippen molar-refractivity contribution in [3.8, 4) is 0 Å². The Morgan fingerprint density at radius 2 is 1.18 bits per heavy atom. The fourth-order valence-electron chi connectivity index (χ4n) is 6.58. The standard InChI is InChI=1S/C34H48O4/c1-23(2)25-15-19-29(20-16-25)33(35)37-31(27-11-7-5-8-12-27)32(28-13-9-6-10-14-28)38-34(36)30-21-17-26(18-22-30)24(3)4/h5,7-9,11-14,23-26,29-32H,6,10,15-22H2,1-4H3/t25?,26?,29?,30?,31-,32-/m1/s1. The van der Waals surface area contributed by atoms with Crippen LogP contribution in [0, 0.1) is 35.5 Å². The number of rotatable bonds is 9. The van der Waals surface area contributed by atoms with Gasteiger partial charge in [-0.3, -0.25) is 9.59 Å². The van der Waals surface area contributed by atoms with Crippen molar-refractivity contribution in [2.45, 2.75) is 104 Å². The van der Waals surface area contributed by atoms with Crippen LogP contribution in [0.25, 0.3) is 0 Å². The minimum atomic E-state index is -0.656. The molecular weight excluding hydrogens is 472 g/mol. The van der Waals surface area contributed by atoms with Gasteiger partial charge in [-0.2, -0.15) is 0 Å². The molecule has 2 fully saturated rings. The number of esters is 2. The normalized spacial score (nSPS) is 27.5. The lowest BCUT2D eigenvalue weighted by molar-refractivity contribution is -0.172. The first kappa shape index (κ1) is 28.6. The highest BCUT2D eigenvalue weighted by Gasteiger charge is 2.38. The number of allylic oxidation sites excluding steroid dienone is 2. The largest absolute Gasteiger partial charge is 0.453 e. The molecule has 0 bridgehead atoms. The maximum Gasteiger partial charge on any atom is 0.309 e. The van der Waals surface area contributed by atoms with Gasteiger partial charge in [-0.05, 0) is 99.0 Å². The van der Waals surface area contributed by atoms with Crippen molar-refractivity contribution in [3.63, 3.8) is 0 Å². The highest BCUT2D eigenvalue weighted by atomic mass is 16.6. The van der Waals surface area contributed by atoms with Crippen molar-refractivity contribution in [2.24, 2.45) is 35.5 Å². The molecule has 38 heavy (non-hydrogen) atoms. The van der Waals surface area contributed by atoms with Crippen molar-refractivity contribution >= 4 is 11.9 Å². The molecule has 3 aliphatic rings. The summed E-state index contributed by atoms with van der Waals surface area (Å²) >= 11 is 0. The topological polar surface area (TPSA) is 52.6 Å². The lowest BCUT2D eigenvalue weighted by Crippen LogP contribution is -2.36. The molecule has 0 aromatic heterocycles. The molecule has 4 nitrogen and oxygen atoms in total.